The van der Waals surface area contributed by atoms with Crippen LogP contribution >= 0.6 is 0 Å². The first kappa shape index (κ1) is 20.0. The van der Waals surface area contributed by atoms with E-state index in [-0.39, 0.29) is 17.9 Å². The maximum atomic E-state index is 13.1. The Kier molecular flexibility index (Phi) is 6.18. The first-order chi connectivity index (χ1) is 13.9. The highest BCUT2D eigenvalue weighted by Crippen LogP contribution is 2.26. The minimum Gasteiger partial charge on any atom is -0.488 e. The van der Waals surface area contributed by atoms with Gasteiger partial charge in [0.15, 0.2) is 18.2 Å². The summed E-state index contributed by atoms with van der Waals surface area (Å²) in [4.78, 5) is 35.6. The highest BCUT2D eigenvalue weighted by Gasteiger charge is 2.19. The summed E-state index contributed by atoms with van der Waals surface area (Å²) in [6.07, 6.45) is 1.62. The number of fused-ring (bicyclic) bond motifs is 1. The molecule has 3 rings (SSSR count). The molecule has 29 heavy (non-hydrogen) atoms. The van der Waals surface area contributed by atoms with Gasteiger partial charge in [0, 0.05) is 17.3 Å². The zero-order valence-corrected chi connectivity index (χ0v) is 15.0. The van der Waals surface area contributed by atoms with Crippen molar-refractivity contribution in [1.82, 2.24) is 5.32 Å². The highest BCUT2D eigenvalue weighted by molar-refractivity contribution is 5.97. The van der Waals surface area contributed by atoms with Crippen LogP contribution in [0.4, 0.5) is 14.5 Å². The second kappa shape index (κ2) is 8.96. The molecule has 0 saturated carbocycles. The Bertz CT molecular complexity index is 991. The van der Waals surface area contributed by atoms with Gasteiger partial charge in [0.1, 0.15) is 12.4 Å². The molecule has 0 radical (unpaired) electrons. The van der Waals surface area contributed by atoms with Crippen LogP contribution < -0.4 is 15.4 Å². The van der Waals surface area contributed by atoms with Crippen LogP contribution in [0, 0.1) is 11.6 Å². The third kappa shape index (κ3) is 5.38. The number of para-hydroxylation sites is 1. The van der Waals surface area contributed by atoms with Gasteiger partial charge in [0.05, 0.1) is 12.1 Å². The van der Waals surface area contributed by atoms with Crippen molar-refractivity contribution in [2.75, 3.05) is 25.1 Å². The van der Waals surface area contributed by atoms with E-state index in [9.17, 15) is 23.2 Å². The van der Waals surface area contributed by atoms with Crippen molar-refractivity contribution in [3.8, 4) is 5.75 Å². The maximum absolute atomic E-state index is 13.1. The number of ether oxygens (including phenoxy) is 2. The van der Waals surface area contributed by atoms with Gasteiger partial charge in [0.2, 0.25) is 5.91 Å². The molecule has 0 saturated heterocycles. The van der Waals surface area contributed by atoms with Gasteiger partial charge in [-0.05, 0) is 24.3 Å². The summed E-state index contributed by atoms with van der Waals surface area (Å²) in [5, 5.41) is 4.55. The number of rotatable bonds is 6. The molecule has 1 heterocycles. The SMILES string of the molecule is O=C(COC(=O)C1=Cc2ccccc2OC1)NCC(=O)Nc1ccc(F)c(F)c1. The van der Waals surface area contributed by atoms with Crippen molar-refractivity contribution in [3.63, 3.8) is 0 Å². The Morgan fingerprint density at radius 3 is 2.62 bits per heavy atom. The topological polar surface area (TPSA) is 93.7 Å². The zero-order chi connectivity index (χ0) is 20.8. The second-order valence-corrected chi connectivity index (χ2v) is 6.03. The molecule has 150 valence electrons. The highest BCUT2D eigenvalue weighted by atomic mass is 19.2. The van der Waals surface area contributed by atoms with E-state index in [0.29, 0.717) is 5.75 Å². The molecule has 7 nitrogen and oxygen atoms in total. The van der Waals surface area contributed by atoms with Gasteiger partial charge in [-0.25, -0.2) is 13.6 Å². The lowest BCUT2D eigenvalue weighted by Gasteiger charge is -2.16. The number of anilines is 1. The fourth-order valence-electron chi connectivity index (χ4n) is 2.47. The van der Waals surface area contributed by atoms with Gasteiger partial charge in [0.25, 0.3) is 5.91 Å². The zero-order valence-electron chi connectivity index (χ0n) is 15.0. The lowest BCUT2D eigenvalue weighted by Crippen LogP contribution is -2.36. The molecule has 9 heteroatoms. The third-order valence-electron chi connectivity index (χ3n) is 3.88. The molecule has 0 aliphatic carbocycles. The molecule has 0 aromatic heterocycles. The molecule has 0 unspecified atom stereocenters. The Labute approximate surface area is 164 Å². The summed E-state index contributed by atoms with van der Waals surface area (Å²) in [7, 11) is 0. The smallest absolute Gasteiger partial charge is 0.338 e. The summed E-state index contributed by atoms with van der Waals surface area (Å²) in [6.45, 7) is -1.00. The Morgan fingerprint density at radius 1 is 1.03 bits per heavy atom. The number of amides is 2. The molecule has 2 amide bonds. The van der Waals surface area contributed by atoms with Crippen LogP contribution in [-0.4, -0.2) is 37.5 Å². The van der Waals surface area contributed by atoms with Crippen LogP contribution in [0.5, 0.6) is 5.75 Å². The van der Waals surface area contributed by atoms with E-state index in [0.717, 1.165) is 17.7 Å². The number of hydrogen-bond acceptors (Lipinski definition) is 5. The van der Waals surface area contributed by atoms with Gasteiger partial charge in [-0.2, -0.15) is 0 Å². The number of halogens is 2. The molecule has 2 aromatic rings. The number of carbonyl (C=O) groups excluding carboxylic acids is 3. The average molecular weight is 402 g/mol. The number of esters is 1. The lowest BCUT2D eigenvalue weighted by atomic mass is 10.1. The molecular weight excluding hydrogens is 386 g/mol. The number of nitrogens with one attached hydrogen (secondary N) is 2. The molecule has 0 spiro atoms. The van der Waals surface area contributed by atoms with Gasteiger partial charge >= 0.3 is 5.97 Å². The van der Waals surface area contributed by atoms with Crippen molar-refractivity contribution in [3.05, 3.63) is 65.2 Å². The molecule has 1 aliphatic heterocycles. The lowest BCUT2D eigenvalue weighted by molar-refractivity contribution is -0.145. The van der Waals surface area contributed by atoms with Crippen LogP contribution in [-0.2, 0) is 19.1 Å². The third-order valence-corrected chi connectivity index (χ3v) is 3.88. The number of carbonyl (C=O) groups is 3. The summed E-state index contributed by atoms with van der Waals surface area (Å²) in [6, 6.07) is 10.0. The minimum absolute atomic E-state index is 0.0219. The van der Waals surface area contributed by atoms with E-state index in [1.807, 2.05) is 6.07 Å². The van der Waals surface area contributed by atoms with Crippen molar-refractivity contribution in [2.45, 2.75) is 0 Å². The predicted octanol–water partition coefficient (Wildman–Crippen LogP) is 2.04. The Morgan fingerprint density at radius 2 is 1.83 bits per heavy atom. The van der Waals surface area contributed by atoms with E-state index in [4.69, 9.17) is 9.47 Å². The molecule has 0 bridgehead atoms. The van der Waals surface area contributed by atoms with Crippen LogP contribution in [0.25, 0.3) is 6.08 Å². The summed E-state index contributed by atoms with van der Waals surface area (Å²) >= 11 is 0. The summed E-state index contributed by atoms with van der Waals surface area (Å²) < 4.78 is 36.3. The minimum atomic E-state index is -1.11. The van der Waals surface area contributed by atoms with Crippen LogP contribution in [0.15, 0.2) is 48.0 Å². The largest absolute Gasteiger partial charge is 0.488 e. The molecule has 1 aliphatic rings. The quantitative estimate of drug-likeness (QED) is 0.722. The number of hydrogen-bond donors (Lipinski definition) is 2. The fourth-order valence-corrected chi connectivity index (χ4v) is 2.47. The predicted molar refractivity (Wildman–Crippen MR) is 98.9 cm³/mol. The fraction of sp³-hybridized carbons (Fsp3) is 0.150. The molecule has 0 fully saturated rings. The van der Waals surface area contributed by atoms with Gasteiger partial charge in [-0.3, -0.25) is 9.59 Å². The maximum Gasteiger partial charge on any atom is 0.338 e. The van der Waals surface area contributed by atoms with Crippen molar-refractivity contribution < 1.29 is 32.6 Å². The van der Waals surface area contributed by atoms with Crippen molar-refractivity contribution >= 4 is 29.5 Å². The van der Waals surface area contributed by atoms with E-state index in [1.165, 1.54) is 6.07 Å². The number of benzene rings is 2. The molecular formula is C20H16F2N2O5. The summed E-state index contributed by atoms with van der Waals surface area (Å²) in [5.74, 6) is -3.57. The van der Waals surface area contributed by atoms with Crippen LogP contribution in [0.3, 0.4) is 0 Å². The Hall–Kier alpha value is -3.75. The standard InChI is InChI=1S/C20H16F2N2O5/c21-15-6-5-14(8-16(15)22)24-18(25)9-23-19(26)11-29-20(27)13-7-12-3-1-2-4-17(12)28-10-13/h1-8H,9-11H2,(H,23,26)(H,24,25). The van der Waals surface area contributed by atoms with Gasteiger partial charge in [-0.15, -0.1) is 0 Å². The monoisotopic (exact) mass is 402 g/mol. The average Bonchev–Trinajstić information content (AvgIpc) is 2.72. The van der Waals surface area contributed by atoms with E-state index >= 15 is 0 Å². The molecule has 2 N–H and O–H groups in total. The second-order valence-electron chi connectivity index (χ2n) is 6.03. The Balaban J connectivity index is 1.43. The van der Waals surface area contributed by atoms with Crippen LogP contribution in [0.2, 0.25) is 0 Å². The van der Waals surface area contributed by atoms with E-state index in [1.54, 1.807) is 24.3 Å². The normalized spacial score (nSPS) is 12.1. The van der Waals surface area contributed by atoms with Gasteiger partial charge < -0.3 is 20.1 Å². The van der Waals surface area contributed by atoms with E-state index < -0.39 is 42.6 Å². The molecule has 2 aromatic carbocycles. The van der Waals surface area contributed by atoms with Gasteiger partial charge in [-0.1, -0.05) is 18.2 Å². The molecule has 0 atom stereocenters. The van der Waals surface area contributed by atoms with Crippen LogP contribution in [0.1, 0.15) is 5.56 Å². The summed E-state index contributed by atoms with van der Waals surface area (Å²) in [5.41, 5.74) is 1.02. The first-order valence-electron chi connectivity index (χ1n) is 8.53. The van der Waals surface area contributed by atoms with Crippen molar-refractivity contribution in [2.24, 2.45) is 0 Å². The van der Waals surface area contributed by atoms with Crippen molar-refractivity contribution in [1.29, 1.82) is 0 Å². The van der Waals surface area contributed by atoms with E-state index in [2.05, 4.69) is 10.6 Å². The first-order valence-corrected chi connectivity index (χ1v) is 8.53.